The number of nitrogen functional groups attached to an aromatic ring is 1. The van der Waals surface area contributed by atoms with Gasteiger partial charge in [-0.3, -0.25) is 4.79 Å². The Balaban J connectivity index is 2.56. The predicted molar refractivity (Wildman–Crippen MR) is 68.8 cm³/mol. The number of hydrogen-bond donors (Lipinski definition) is 4. The number of aliphatic hydroxyl groups excluding tert-OH is 1. The molecule has 6 N–H and O–H groups in total. The minimum atomic E-state index is -0.470. The van der Waals surface area contributed by atoms with Crippen LogP contribution >= 0.6 is 0 Å². The monoisotopic (exact) mass is 237 g/mol. The van der Waals surface area contributed by atoms with E-state index in [0.717, 1.165) is 25.8 Å². The zero-order chi connectivity index (χ0) is 12.7. The van der Waals surface area contributed by atoms with Gasteiger partial charge in [0.05, 0.1) is 5.56 Å². The molecule has 0 aromatic heterocycles. The zero-order valence-electron chi connectivity index (χ0n) is 9.78. The Labute approximate surface area is 101 Å². The third-order valence-electron chi connectivity index (χ3n) is 2.46. The number of carbonyl (C=O) groups is 1. The lowest BCUT2D eigenvalue weighted by Crippen LogP contribution is -2.15. The zero-order valence-corrected chi connectivity index (χ0v) is 9.78. The summed E-state index contributed by atoms with van der Waals surface area (Å²) >= 11 is 0. The fourth-order valence-electron chi connectivity index (χ4n) is 1.56. The molecule has 0 radical (unpaired) electrons. The lowest BCUT2D eigenvalue weighted by atomic mass is 10.1. The normalized spacial score (nSPS) is 10.2. The molecule has 0 saturated carbocycles. The van der Waals surface area contributed by atoms with Gasteiger partial charge in [0.25, 0.3) is 5.91 Å². The molecule has 0 unspecified atom stereocenters. The van der Waals surface area contributed by atoms with E-state index in [4.69, 9.17) is 16.6 Å². The second-order valence-corrected chi connectivity index (χ2v) is 3.88. The summed E-state index contributed by atoms with van der Waals surface area (Å²) in [7, 11) is 0. The molecule has 94 valence electrons. The average Bonchev–Trinajstić information content (AvgIpc) is 2.28. The molecule has 0 aliphatic rings. The van der Waals surface area contributed by atoms with Crippen molar-refractivity contribution < 1.29 is 9.90 Å². The van der Waals surface area contributed by atoms with Crippen LogP contribution in [0, 0.1) is 0 Å². The van der Waals surface area contributed by atoms with E-state index in [1.54, 1.807) is 18.2 Å². The maximum absolute atomic E-state index is 11.2. The minimum absolute atomic E-state index is 0.213. The highest BCUT2D eigenvalue weighted by Gasteiger charge is 2.07. The summed E-state index contributed by atoms with van der Waals surface area (Å²) < 4.78 is 0. The second kappa shape index (κ2) is 6.75. The first-order valence-electron chi connectivity index (χ1n) is 5.69. The molecule has 0 atom stereocenters. The van der Waals surface area contributed by atoms with Crippen LogP contribution in [0.4, 0.5) is 11.4 Å². The van der Waals surface area contributed by atoms with Crippen LogP contribution in [-0.2, 0) is 0 Å². The van der Waals surface area contributed by atoms with Crippen molar-refractivity contribution in [2.45, 2.75) is 19.3 Å². The minimum Gasteiger partial charge on any atom is -0.399 e. The van der Waals surface area contributed by atoms with Crippen LogP contribution in [0.3, 0.4) is 0 Å². The lowest BCUT2D eigenvalue weighted by molar-refractivity contribution is 0.100. The van der Waals surface area contributed by atoms with Crippen molar-refractivity contribution in [1.29, 1.82) is 0 Å². The van der Waals surface area contributed by atoms with E-state index < -0.39 is 5.91 Å². The predicted octanol–water partition coefficient (Wildman–Crippen LogP) is 0.942. The number of carbonyl (C=O) groups excluding carboxylic acids is 1. The quantitative estimate of drug-likeness (QED) is 0.419. The van der Waals surface area contributed by atoms with Crippen molar-refractivity contribution in [1.82, 2.24) is 0 Å². The first kappa shape index (κ1) is 13.3. The summed E-state index contributed by atoms with van der Waals surface area (Å²) in [6.45, 7) is 0.939. The van der Waals surface area contributed by atoms with Crippen LogP contribution in [-0.4, -0.2) is 24.2 Å². The Morgan fingerprint density at radius 2 is 2.06 bits per heavy atom. The molecule has 5 heteroatoms. The van der Waals surface area contributed by atoms with Gasteiger partial charge in [-0.25, -0.2) is 0 Å². The van der Waals surface area contributed by atoms with Gasteiger partial charge in [0.2, 0.25) is 0 Å². The molecule has 1 amide bonds. The summed E-state index contributed by atoms with van der Waals surface area (Å²) in [5.41, 5.74) is 12.6. The Bertz CT molecular complexity index is 380. The lowest BCUT2D eigenvalue weighted by Gasteiger charge is -2.10. The number of hydrogen-bond acceptors (Lipinski definition) is 4. The van der Waals surface area contributed by atoms with Gasteiger partial charge in [0.15, 0.2) is 0 Å². The smallest absolute Gasteiger partial charge is 0.250 e. The summed E-state index contributed by atoms with van der Waals surface area (Å²) in [6.07, 6.45) is 2.66. The number of primary amides is 1. The topological polar surface area (TPSA) is 101 Å². The summed E-state index contributed by atoms with van der Waals surface area (Å²) in [4.78, 5) is 11.2. The van der Waals surface area contributed by atoms with Crippen LogP contribution in [0.5, 0.6) is 0 Å². The van der Waals surface area contributed by atoms with Crippen molar-refractivity contribution in [2.75, 3.05) is 24.2 Å². The Hall–Kier alpha value is -1.75. The number of anilines is 2. The number of unbranched alkanes of at least 4 members (excludes halogenated alkanes) is 2. The highest BCUT2D eigenvalue weighted by Crippen LogP contribution is 2.18. The first-order chi connectivity index (χ1) is 8.15. The van der Waals surface area contributed by atoms with Crippen LogP contribution in [0.2, 0.25) is 0 Å². The standard InChI is InChI=1S/C12H19N3O2/c13-9-4-5-10(12(14)17)11(8-9)15-6-2-1-3-7-16/h4-5,8,15-16H,1-3,6-7,13H2,(H2,14,17). The van der Waals surface area contributed by atoms with Crippen LogP contribution < -0.4 is 16.8 Å². The molecule has 1 rings (SSSR count). The van der Waals surface area contributed by atoms with Gasteiger partial charge >= 0.3 is 0 Å². The maximum Gasteiger partial charge on any atom is 0.250 e. The number of nitrogens with one attached hydrogen (secondary N) is 1. The third-order valence-corrected chi connectivity index (χ3v) is 2.46. The van der Waals surface area contributed by atoms with Gasteiger partial charge < -0.3 is 21.9 Å². The van der Waals surface area contributed by atoms with E-state index in [9.17, 15) is 4.79 Å². The highest BCUT2D eigenvalue weighted by molar-refractivity contribution is 5.99. The largest absolute Gasteiger partial charge is 0.399 e. The fraction of sp³-hybridized carbons (Fsp3) is 0.417. The molecule has 0 heterocycles. The number of benzene rings is 1. The summed E-state index contributed by atoms with van der Waals surface area (Å²) in [5, 5.41) is 11.8. The molecule has 0 saturated heterocycles. The van der Waals surface area contributed by atoms with Crippen molar-refractivity contribution in [3.63, 3.8) is 0 Å². The molecule has 0 aliphatic carbocycles. The molecule has 0 aliphatic heterocycles. The van der Waals surface area contributed by atoms with Crippen molar-refractivity contribution in [3.05, 3.63) is 23.8 Å². The van der Waals surface area contributed by atoms with Crippen molar-refractivity contribution in [3.8, 4) is 0 Å². The van der Waals surface area contributed by atoms with E-state index in [2.05, 4.69) is 5.32 Å². The first-order valence-corrected chi connectivity index (χ1v) is 5.69. The molecule has 1 aromatic rings. The molecule has 0 fully saturated rings. The average molecular weight is 237 g/mol. The second-order valence-electron chi connectivity index (χ2n) is 3.88. The van der Waals surface area contributed by atoms with Gasteiger partial charge in [-0.1, -0.05) is 0 Å². The highest BCUT2D eigenvalue weighted by atomic mass is 16.2. The number of nitrogens with two attached hydrogens (primary N) is 2. The number of amides is 1. The molecule has 0 spiro atoms. The van der Waals surface area contributed by atoms with Gasteiger partial charge in [0, 0.05) is 24.5 Å². The number of aliphatic hydroxyl groups is 1. The van der Waals surface area contributed by atoms with E-state index in [0.29, 0.717) is 16.9 Å². The van der Waals surface area contributed by atoms with E-state index >= 15 is 0 Å². The van der Waals surface area contributed by atoms with Crippen molar-refractivity contribution in [2.24, 2.45) is 5.73 Å². The third kappa shape index (κ3) is 4.32. The Morgan fingerprint density at radius 1 is 1.29 bits per heavy atom. The fourth-order valence-corrected chi connectivity index (χ4v) is 1.56. The van der Waals surface area contributed by atoms with Crippen LogP contribution in [0.1, 0.15) is 29.6 Å². The molecular weight excluding hydrogens is 218 g/mol. The summed E-state index contributed by atoms with van der Waals surface area (Å²) in [5.74, 6) is -0.470. The number of rotatable bonds is 7. The Morgan fingerprint density at radius 3 is 2.71 bits per heavy atom. The molecule has 1 aromatic carbocycles. The molecule has 17 heavy (non-hydrogen) atoms. The molecule has 5 nitrogen and oxygen atoms in total. The van der Waals surface area contributed by atoms with Crippen LogP contribution in [0.15, 0.2) is 18.2 Å². The van der Waals surface area contributed by atoms with E-state index in [1.165, 1.54) is 0 Å². The van der Waals surface area contributed by atoms with Gasteiger partial charge in [-0.15, -0.1) is 0 Å². The van der Waals surface area contributed by atoms with E-state index in [-0.39, 0.29) is 6.61 Å². The van der Waals surface area contributed by atoms with Gasteiger partial charge in [-0.05, 0) is 37.5 Å². The van der Waals surface area contributed by atoms with E-state index in [1.807, 2.05) is 0 Å². The molecule has 0 bridgehead atoms. The Kier molecular flexibility index (Phi) is 5.29. The maximum atomic E-state index is 11.2. The molecular formula is C12H19N3O2. The SMILES string of the molecule is NC(=O)c1ccc(N)cc1NCCCCCO. The summed E-state index contributed by atoms with van der Waals surface area (Å²) in [6, 6.07) is 4.97. The van der Waals surface area contributed by atoms with Gasteiger partial charge in [0.1, 0.15) is 0 Å². The van der Waals surface area contributed by atoms with Crippen molar-refractivity contribution >= 4 is 17.3 Å². The van der Waals surface area contributed by atoms with Crippen LogP contribution in [0.25, 0.3) is 0 Å². The van der Waals surface area contributed by atoms with Gasteiger partial charge in [-0.2, -0.15) is 0 Å².